The number of aromatic hydroxyl groups is 2. The van der Waals surface area contributed by atoms with Crippen molar-refractivity contribution >= 4 is 27.3 Å². The molecule has 2 aromatic carbocycles. The molecule has 2 unspecified atom stereocenters. The van der Waals surface area contributed by atoms with Crippen molar-refractivity contribution in [2.24, 2.45) is 0 Å². The zero-order valence-corrected chi connectivity index (χ0v) is 19.9. The summed E-state index contributed by atoms with van der Waals surface area (Å²) in [5.74, 6) is -3.74. The molecule has 1 aliphatic rings. The van der Waals surface area contributed by atoms with Gasteiger partial charge in [0.15, 0.2) is 29.0 Å². The summed E-state index contributed by atoms with van der Waals surface area (Å²) in [6, 6.07) is 7.89. The minimum atomic E-state index is -5.32. The van der Waals surface area contributed by atoms with Crippen LogP contribution in [0.5, 0.6) is 23.0 Å². The molecule has 2 heterocycles. The molecule has 6 N–H and O–H groups in total. The molecule has 0 radical (unpaired) electrons. The highest BCUT2D eigenvalue weighted by atomic mass is 32.3. The first-order valence-electron chi connectivity index (χ1n) is 10.5. The summed E-state index contributed by atoms with van der Waals surface area (Å²) in [5.41, 5.74) is -1.03. The van der Waals surface area contributed by atoms with Crippen LogP contribution < -0.4 is 14.9 Å². The zero-order chi connectivity index (χ0) is 27.9. The second-order valence-electron chi connectivity index (χ2n) is 8.00. The van der Waals surface area contributed by atoms with Gasteiger partial charge < -0.3 is 44.2 Å². The Bertz CT molecular complexity index is 1530. The molecule has 3 aromatic rings. The van der Waals surface area contributed by atoms with Crippen molar-refractivity contribution in [3.8, 4) is 34.3 Å². The molecule has 16 heteroatoms. The Morgan fingerprint density at radius 1 is 1.03 bits per heavy atom. The van der Waals surface area contributed by atoms with E-state index < -0.39 is 80.7 Å². The molecule has 1 saturated heterocycles. The van der Waals surface area contributed by atoms with Crippen molar-refractivity contribution in [3.63, 3.8) is 0 Å². The summed E-state index contributed by atoms with van der Waals surface area (Å²) >= 11 is 0. The van der Waals surface area contributed by atoms with E-state index >= 15 is 0 Å². The Labute approximate surface area is 212 Å². The number of carboxylic acid groups (broad SMARTS) is 1. The third-order valence-corrected chi connectivity index (χ3v) is 6.01. The number of hydrogen-bond donors (Lipinski definition) is 6. The lowest BCUT2D eigenvalue weighted by Gasteiger charge is -2.39. The van der Waals surface area contributed by atoms with Crippen molar-refractivity contribution in [2.75, 3.05) is 7.11 Å². The summed E-state index contributed by atoms with van der Waals surface area (Å²) in [5, 5.41) is 50.0. The monoisotopic (exact) mass is 556 g/mol. The lowest BCUT2D eigenvalue weighted by atomic mass is 9.99. The summed E-state index contributed by atoms with van der Waals surface area (Å²) in [4.78, 5) is 24.4. The molecule has 38 heavy (non-hydrogen) atoms. The summed E-state index contributed by atoms with van der Waals surface area (Å²) < 4.78 is 57.4. The van der Waals surface area contributed by atoms with Gasteiger partial charge in [-0.3, -0.25) is 9.35 Å². The number of ether oxygens (including phenoxy) is 3. The van der Waals surface area contributed by atoms with Crippen LogP contribution in [0.3, 0.4) is 0 Å². The third kappa shape index (κ3) is 5.21. The fraction of sp³-hybridized carbons (Fsp3) is 0.273. The maximum absolute atomic E-state index is 12.9. The number of carbonyl (C=O) groups is 1. The van der Waals surface area contributed by atoms with E-state index in [-0.39, 0.29) is 5.76 Å². The van der Waals surface area contributed by atoms with Gasteiger partial charge in [-0.1, -0.05) is 0 Å². The molecule has 4 rings (SSSR count). The lowest BCUT2D eigenvalue weighted by molar-refractivity contribution is -0.265. The van der Waals surface area contributed by atoms with Gasteiger partial charge in [-0.2, -0.15) is 8.42 Å². The van der Waals surface area contributed by atoms with Crippen molar-refractivity contribution in [2.45, 2.75) is 30.7 Å². The molecule has 5 atom stereocenters. The van der Waals surface area contributed by atoms with Crippen molar-refractivity contribution in [3.05, 3.63) is 46.6 Å². The van der Waals surface area contributed by atoms with Crippen molar-refractivity contribution in [1.82, 2.24) is 0 Å². The maximum atomic E-state index is 12.9. The molecule has 15 nitrogen and oxygen atoms in total. The van der Waals surface area contributed by atoms with Crippen LogP contribution in [0.4, 0.5) is 0 Å². The second kappa shape index (κ2) is 10.1. The zero-order valence-electron chi connectivity index (χ0n) is 19.1. The molecule has 0 amide bonds. The van der Waals surface area contributed by atoms with Gasteiger partial charge in [-0.15, -0.1) is 0 Å². The number of fused-ring (bicyclic) bond motifs is 1. The first-order chi connectivity index (χ1) is 17.8. The van der Waals surface area contributed by atoms with Crippen LogP contribution in [0.25, 0.3) is 22.3 Å². The van der Waals surface area contributed by atoms with Crippen LogP contribution in [-0.2, 0) is 24.1 Å². The summed E-state index contributed by atoms with van der Waals surface area (Å²) in [6.07, 6.45) is -11.2. The smallest absolute Gasteiger partial charge is 0.397 e. The summed E-state index contributed by atoms with van der Waals surface area (Å²) in [6.45, 7) is 0. The Kier molecular flexibility index (Phi) is 7.20. The van der Waals surface area contributed by atoms with Crippen LogP contribution in [0, 0.1) is 0 Å². The van der Waals surface area contributed by atoms with Crippen molar-refractivity contribution in [1.29, 1.82) is 0 Å². The Morgan fingerprint density at radius 2 is 1.68 bits per heavy atom. The van der Waals surface area contributed by atoms with Crippen molar-refractivity contribution < 1.29 is 66.1 Å². The number of benzene rings is 2. The molecule has 204 valence electrons. The Balaban J connectivity index is 1.86. The molecule has 1 aliphatic heterocycles. The van der Waals surface area contributed by atoms with Crippen LogP contribution in [0.2, 0.25) is 0 Å². The predicted octanol–water partition coefficient (Wildman–Crippen LogP) is -0.0221. The predicted molar refractivity (Wildman–Crippen MR) is 123 cm³/mol. The molecule has 0 saturated carbocycles. The van der Waals surface area contributed by atoms with E-state index in [0.29, 0.717) is 17.4 Å². The average Bonchev–Trinajstić information content (AvgIpc) is 2.84. The standard InChI is InChI=1S/C22H20O15S/c1-33-9-4-2-8(3-5-9)13-7-11(24)14-10(23)6-12(25)17(18(14)34-13)35-22-20(37-38(30,31)32)16(27)15(26)19(36-22)21(28)29/h2-7,15-16,19-20,22-23,25-27H,1H3,(H,28,29)(H,30,31,32)/t15-,16-,19?,20?,22+/m0/s1. The molecule has 1 fully saturated rings. The minimum Gasteiger partial charge on any atom is -0.507 e. The lowest BCUT2D eigenvalue weighted by Crippen LogP contribution is -2.62. The SMILES string of the molecule is COc1ccc(-c2cc(=O)c3c(O)cc(O)c(O[C@@H]4OC(C(=O)O)[C@@H](O)[C@H](O)C4OS(=O)(=O)O)c3o2)cc1. The molecule has 1 aromatic heterocycles. The Morgan fingerprint density at radius 3 is 2.26 bits per heavy atom. The largest absolute Gasteiger partial charge is 0.507 e. The van der Waals surface area contributed by atoms with E-state index in [1.54, 1.807) is 12.1 Å². The summed E-state index contributed by atoms with van der Waals surface area (Å²) in [7, 11) is -3.88. The van der Waals surface area contributed by atoms with E-state index in [1.807, 2.05) is 0 Å². The maximum Gasteiger partial charge on any atom is 0.397 e. The quantitative estimate of drug-likeness (QED) is 0.210. The minimum absolute atomic E-state index is 0.0748. The number of carboxylic acids is 1. The first-order valence-corrected chi connectivity index (χ1v) is 11.9. The van der Waals surface area contributed by atoms with E-state index in [9.17, 15) is 43.5 Å². The van der Waals surface area contributed by atoms with Gasteiger partial charge in [-0.25, -0.2) is 8.98 Å². The number of aliphatic hydroxyl groups is 2. The van der Waals surface area contributed by atoms with Crippen LogP contribution in [-0.4, -0.2) is 82.3 Å². The van der Waals surface area contributed by atoms with Gasteiger partial charge in [0.25, 0.3) is 0 Å². The highest BCUT2D eigenvalue weighted by Crippen LogP contribution is 2.42. The van der Waals surface area contributed by atoms with Crippen LogP contribution in [0.1, 0.15) is 0 Å². The third-order valence-electron chi connectivity index (χ3n) is 5.55. The van der Waals surface area contributed by atoms with Gasteiger partial charge in [0, 0.05) is 17.7 Å². The average molecular weight is 556 g/mol. The molecular formula is C22H20O15S. The van der Waals surface area contributed by atoms with Gasteiger partial charge >= 0.3 is 16.4 Å². The second-order valence-corrected chi connectivity index (χ2v) is 9.05. The van der Waals surface area contributed by atoms with E-state index in [4.69, 9.17) is 23.2 Å². The number of phenols is 2. The van der Waals surface area contributed by atoms with Gasteiger partial charge in [-0.05, 0) is 24.3 Å². The fourth-order valence-electron chi connectivity index (χ4n) is 3.79. The van der Waals surface area contributed by atoms with E-state index in [2.05, 4.69) is 4.18 Å². The number of methoxy groups -OCH3 is 1. The first kappa shape index (κ1) is 27.1. The number of aliphatic hydroxyl groups excluding tert-OH is 2. The number of aliphatic carboxylic acids is 1. The van der Waals surface area contributed by atoms with Crippen LogP contribution in [0.15, 0.2) is 45.6 Å². The topological polar surface area (TPSA) is 240 Å². The molecule has 0 bridgehead atoms. The Hall–Kier alpha value is -3.93. The fourth-order valence-corrected chi connectivity index (χ4v) is 4.27. The van der Waals surface area contributed by atoms with Gasteiger partial charge in [0.2, 0.25) is 12.0 Å². The number of phenolic OH excluding ortho intramolecular Hbond substituents is 2. The van der Waals surface area contributed by atoms with Gasteiger partial charge in [0.1, 0.15) is 34.9 Å². The van der Waals surface area contributed by atoms with Crippen LogP contribution >= 0.6 is 0 Å². The van der Waals surface area contributed by atoms with Gasteiger partial charge in [0.05, 0.1) is 7.11 Å². The number of rotatable bonds is 7. The molecule has 0 spiro atoms. The normalized spacial score (nSPS) is 23.7. The highest BCUT2D eigenvalue weighted by Gasteiger charge is 2.51. The highest BCUT2D eigenvalue weighted by molar-refractivity contribution is 7.80. The van der Waals surface area contributed by atoms with E-state index in [0.717, 1.165) is 6.07 Å². The molecule has 0 aliphatic carbocycles. The number of hydrogen-bond acceptors (Lipinski definition) is 13. The van der Waals surface area contributed by atoms with E-state index in [1.165, 1.54) is 19.2 Å². The molecular weight excluding hydrogens is 536 g/mol.